The molecular weight excluding hydrogens is 276 g/mol. The van der Waals surface area contributed by atoms with E-state index in [4.69, 9.17) is 5.11 Å². The number of carboxylic acid groups (broad SMARTS) is 1. The molecular formula is C10H16N2O6S. The summed E-state index contributed by atoms with van der Waals surface area (Å²) in [6.45, 7) is 0.422. The average Bonchev–Trinajstić information content (AvgIpc) is 2.27. The summed E-state index contributed by atoms with van der Waals surface area (Å²) in [5, 5.41) is 11.2. The molecule has 1 atom stereocenters. The Hall–Kier alpha value is -1.64. The number of carboxylic acids is 1. The fraction of sp³-hybridized carbons (Fsp3) is 0.700. The van der Waals surface area contributed by atoms with Gasteiger partial charge in [-0.25, -0.2) is 8.42 Å². The zero-order chi connectivity index (χ0) is 14.6. The molecule has 1 saturated heterocycles. The van der Waals surface area contributed by atoms with Gasteiger partial charge in [-0.15, -0.1) is 0 Å². The first-order valence-electron chi connectivity index (χ1n) is 5.67. The summed E-state index contributed by atoms with van der Waals surface area (Å²) in [4.78, 5) is 35.3. The van der Waals surface area contributed by atoms with Crippen molar-refractivity contribution in [3.05, 3.63) is 0 Å². The Morgan fingerprint density at radius 3 is 2.63 bits per heavy atom. The molecule has 2 amide bonds. The molecule has 1 fully saturated rings. The molecule has 8 nitrogen and oxygen atoms in total. The van der Waals surface area contributed by atoms with Gasteiger partial charge in [-0.2, -0.15) is 0 Å². The van der Waals surface area contributed by atoms with Gasteiger partial charge >= 0.3 is 5.97 Å². The molecule has 19 heavy (non-hydrogen) atoms. The number of carbonyl (C=O) groups is 3. The molecule has 1 aliphatic heterocycles. The Kier molecular flexibility index (Phi) is 4.87. The average molecular weight is 292 g/mol. The topological polar surface area (TPSA) is 121 Å². The molecule has 0 saturated carbocycles. The molecule has 1 rings (SSSR count). The third kappa shape index (κ3) is 4.86. The molecule has 0 aromatic carbocycles. The van der Waals surface area contributed by atoms with Crippen LogP contribution in [0.15, 0.2) is 0 Å². The molecule has 0 aromatic heterocycles. The minimum Gasteiger partial charge on any atom is -0.481 e. The van der Waals surface area contributed by atoms with Crippen LogP contribution in [0.5, 0.6) is 0 Å². The van der Waals surface area contributed by atoms with Crippen LogP contribution in [0, 0.1) is 0 Å². The second kappa shape index (κ2) is 6.00. The summed E-state index contributed by atoms with van der Waals surface area (Å²) < 4.78 is 22.0. The van der Waals surface area contributed by atoms with Gasteiger partial charge in [0.15, 0.2) is 0 Å². The van der Waals surface area contributed by atoms with Crippen molar-refractivity contribution in [1.29, 1.82) is 0 Å². The van der Waals surface area contributed by atoms with Crippen LogP contribution in [0.3, 0.4) is 0 Å². The van der Waals surface area contributed by atoms with Gasteiger partial charge < -0.3 is 15.3 Å². The van der Waals surface area contributed by atoms with Crippen molar-refractivity contribution in [2.45, 2.75) is 18.9 Å². The molecule has 0 spiro atoms. The van der Waals surface area contributed by atoms with Crippen molar-refractivity contribution >= 4 is 27.6 Å². The van der Waals surface area contributed by atoms with Crippen molar-refractivity contribution in [2.24, 2.45) is 0 Å². The van der Waals surface area contributed by atoms with Gasteiger partial charge in [0.1, 0.15) is 15.9 Å². The van der Waals surface area contributed by atoms with E-state index in [9.17, 15) is 22.8 Å². The molecule has 108 valence electrons. The highest BCUT2D eigenvalue weighted by molar-refractivity contribution is 7.90. The van der Waals surface area contributed by atoms with Crippen LogP contribution in [0.1, 0.15) is 12.8 Å². The van der Waals surface area contributed by atoms with E-state index in [1.165, 1.54) is 0 Å². The lowest BCUT2D eigenvalue weighted by Gasteiger charge is -2.34. The molecule has 0 bridgehead atoms. The smallest absolute Gasteiger partial charge is 0.305 e. The summed E-state index contributed by atoms with van der Waals surface area (Å²) in [6.07, 6.45) is 0.274. The number of hydrogen-bond donors (Lipinski definition) is 2. The molecule has 0 aliphatic carbocycles. The van der Waals surface area contributed by atoms with Gasteiger partial charge in [0.25, 0.3) is 0 Å². The highest BCUT2D eigenvalue weighted by Crippen LogP contribution is 2.11. The van der Waals surface area contributed by atoms with E-state index in [2.05, 4.69) is 5.32 Å². The second-order valence-electron chi connectivity index (χ2n) is 4.37. The van der Waals surface area contributed by atoms with Crippen LogP contribution in [-0.4, -0.2) is 67.3 Å². The Morgan fingerprint density at radius 2 is 2.11 bits per heavy atom. The minimum absolute atomic E-state index is 0.187. The van der Waals surface area contributed by atoms with Gasteiger partial charge in [-0.3, -0.25) is 14.4 Å². The number of nitrogens with zero attached hydrogens (tertiary/aromatic N) is 1. The number of hydrogen-bond acceptors (Lipinski definition) is 5. The first-order valence-corrected chi connectivity index (χ1v) is 7.73. The third-order valence-corrected chi connectivity index (χ3v) is 3.65. The van der Waals surface area contributed by atoms with Crippen molar-refractivity contribution in [3.63, 3.8) is 0 Å². The fourth-order valence-electron chi connectivity index (χ4n) is 1.80. The minimum atomic E-state index is -3.28. The van der Waals surface area contributed by atoms with Crippen LogP contribution in [0.2, 0.25) is 0 Å². The van der Waals surface area contributed by atoms with Crippen LogP contribution in [0.4, 0.5) is 0 Å². The first kappa shape index (κ1) is 15.4. The largest absolute Gasteiger partial charge is 0.481 e. The van der Waals surface area contributed by atoms with E-state index in [1.807, 2.05) is 0 Å². The van der Waals surface area contributed by atoms with Crippen LogP contribution in [-0.2, 0) is 24.2 Å². The predicted octanol–water partition coefficient (Wildman–Crippen LogP) is -1.78. The zero-order valence-electron chi connectivity index (χ0n) is 10.5. The highest BCUT2D eigenvalue weighted by Gasteiger charge is 2.34. The van der Waals surface area contributed by atoms with E-state index in [-0.39, 0.29) is 25.3 Å². The number of aliphatic carboxylic acids is 1. The number of piperazine rings is 1. The maximum Gasteiger partial charge on any atom is 0.305 e. The van der Waals surface area contributed by atoms with Gasteiger partial charge in [0.05, 0.1) is 12.2 Å². The molecule has 1 heterocycles. The summed E-state index contributed by atoms with van der Waals surface area (Å²) in [5.74, 6) is -2.56. The Labute approximate surface area is 110 Å². The summed E-state index contributed by atoms with van der Waals surface area (Å²) >= 11 is 0. The molecule has 0 aromatic rings. The van der Waals surface area contributed by atoms with Crippen molar-refractivity contribution in [3.8, 4) is 0 Å². The Bertz CT molecular complexity index is 486. The van der Waals surface area contributed by atoms with E-state index >= 15 is 0 Å². The molecule has 0 radical (unpaired) electrons. The first-order chi connectivity index (χ1) is 8.70. The van der Waals surface area contributed by atoms with E-state index in [0.717, 1.165) is 11.2 Å². The maximum absolute atomic E-state index is 11.9. The number of carbonyl (C=O) groups excluding carboxylic acids is 2. The van der Waals surface area contributed by atoms with Crippen LogP contribution >= 0.6 is 0 Å². The number of amides is 2. The third-order valence-electron chi connectivity index (χ3n) is 2.71. The van der Waals surface area contributed by atoms with Gasteiger partial charge in [-0.05, 0) is 0 Å². The molecule has 1 aliphatic rings. The normalized spacial score (nSPS) is 19.9. The monoisotopic (exact) mass is 292 g/mol. The highest BCUT2D eigenvalue weighted by atomic mass is 32.2. The van der Waals surface area contributed by atoms with Crippen molar-refractivity contribution in [1.82, 2.24) is 10.2 Å². The molecule has 2 N–H and O–H groups in total. The number of rotatable bonds is 5. The van der Waals surface area contributed by atoms with Gasteiger partial charge in [0, 0.05) is 25.8 Å². The zero-order valence-corrected chi connectivity index (χ0v) is 11.3. The Morgan fingerprint density at radius 1 is 1.47 bits per heavy atom. The molecule has 9 heteroatoms. The summed E-state index contributed by atoms with van der Waals surface area (Å²) in [5.41, 5.74) is 0. The quantitative estimate of drug-likeness (QED) is 0.618. The van der Waals surface area contributed by atoms with Gasteiger partial charge in [0.2, 0.25) is 11.8 Å². The Balaban J connectivity index is 2.73. The standard InChI is InChI=1S/C10H16N2O6S/c1-19(17,18)5-2-8(13)12-4-3-11-10(16)7(12)6-9(14)15/h7H,2-6H2,1H3,(H,11,16)(H,14,15). The fourth-order valence-corrected chi connectivity index (χ4v) is 2.34. The van der Waals surface area contributed by atoms with E-state index in [1.54, 1.807) is 0 Å². The maximum atomic E-state index is 11.9. The van der Waals surface area contributed by atoms with E-state index in [0.29, 0.717) is 0 Å². The van der Waals surface area contributed by atoms with Crippen molar-refractivity contribution < 1.29 is 27.9 Å². The number of sulfone groups is 1. The predicted molar refractivity (Wildman–Crippen MR) is 65.1 cm³/mol. The second-order valence-corrected chi connectivity index (χ2v) is 6.63. The van der Waals surface area contributed by atoms with Gasteiger partial charge in [-0.1, -0.05) is 0 Å². The lowest BCUT2D eigenvalue weighted by Crippen LogP contribution is -2.57. The lowest BCUT2D eigenvalue weighted by atomic mass is 10.1. The number of nitrogens with one attached hydrogen (secondary N) is 1. The molecule has 1 unspecified atom stereocenters. The van der Waals surface area contributed by atoms with Crippen LogP contribution in [0.25, 0.3) is 0 Å². The SMILES string of the molecule is CS(=O)(=O)CCC(=O)N1CCNC(=O)C1CC(=O)O. The van der Waals surface area contributed by atoms with Crippen molar-refractivity contribution in [2.75, 3.05) is 25.1 Å². The lowest BCUT2D eigenvalue weighted by molar-refractivity contribution is -0.148. The summed E-state index contributed by atoms with van der Waals surface area (Å²) in [6, 6.07) is -1.07. The summed E-state index contributed by atoms with van der Waals surface area (Å²) in [7, 11) is -3.28. The van der Waals surface area contributed by atoms with Crippen LogP contribution < -0.4 is 5.32 Å². The van der Waals surface area contributed by atoms with E-state index < -0.39 is 40.1 Å².